The van der Waals surface area contributed by atoms with Gasteiger partial charge in [-0.2, -0.15) is 4.68 Å². The molecule has 0 bridgehead atoms. The maximum absolute atomic E-state index is 12.9. The van der Waals surface area contributed by atoms with Crippen molar-refractivity contribution in [3.63, 3.8) is 0 Å². The summed E-state index contributed by atoms with van der Waals surface area (Å²) in [6.45, 7) is 2.55. The first kappa shape index (κ1) is 14.6. The minimum Gasteiger partial charge on any atom is -0.338 e. The maximum atomic E-state index is 12.9. The summed E-state index contributed by atoms with van der Waals surface area (Å²) in [5.74, 6) is 0.565. The zero-order valence-electron chi connectivity index (χ0n) is 12.6. The molecule has 7 nitrogen and oxygen atoms in total. The van der Waals surface area contributed by atoms with E-state index in [1.807, 2.05) is 36.2 Å². The molecule has 22 heavy (non-hydrogen) atoms. The highest BCUT2D eigenvalue weighted by Gasteiger charge is 2.25. The molecule has 0 saturated carbocycles. The highest BCUT2D eigenvalue weighted by atomic mass is 16.2. The van der Waals surface area contributed by atoms with Crippen molar-refractivity contribution in [2.45, 2.75) is 12.8 Å². The summed E-state index contributed by atoms with van der Waals surface area (Å²) in [6.07, 6.45) is 3.72. The number of aromatic nitrogens is 4. The zero-order chi connectivity index (χ0) is 15.4. The Morgan fingerprint density at radius 1 is 1.41 bits per heavy atom. The number of carbonyl (C=O) groups is 1. The molecule has 2 heterocycles. The van der Waals surface area contributed by atoms with E-state index in [4.69, 9.17) is 0 Å². The first-order valence-electron chi connectivity index (χ1n) is 7.56. The molecule has 1 fully saturated rings. The SMILES string of the molecule is CNC[C@@H]1CCCN(C(=O)c2ccccc2-n2cnnn2)C1. The van der Waals surface area contributed by atoms with Crippen LogP contribution in [0.5, 0.6) is 0 Å². The van der Waals surface area contributed by atoms with Crippen LogP contribution in [0.25, 0.3) is 5.69 Å². The van der Waals surface area contributed by atoms with Crippen molar-refractivity contribution in [2.75, 3.05) is 26.7 Å². The Morgan fingerprint density at radius 2 is 2.27 bits per heavy atom. The van der Waals surface area contributed by atoms with E-state index in [0.29, 0.717) is 17.2 Å². The van der Waals surface area contributed by atoms with Crippen molar-refractivity contribution < 1.29 is 4.79 Å². The second kappa shape index (κ2) is 6.65. The number of likely N-dealkylation sites (tertiary alicyclic amines) is 1. The molecule has 1 aliphatic rings. The van der Waals surface area contributed by atoms with E-state index in [1.165, 1.54) is 17.4 Å². The lowest BCUT2D eigenvalue weighted by Crippen LogP contribution is -2.42. The number of piperidine rings is 1. The van der Waals surface area contributed by atoms with Gasteiger partial charge < -0.3 is 10.2 Å². The monoisotopic (exact) mass is 300 g/mol. The number of carbonyl (C=O) groups excluding carboxylic acids is 1. The number of amides is 1. The Morgan fingerprint density at radius 3 is 3.05 bits per heavy atom. The molecule has 7 heteroatoms. The molecule has 1 aliphatic heterocycles. The van der Waals surface area contributed by atoms with Gasteiger partial charge in [0.25, 0.3) is 5.91 Å². The third-order valence-electron chi connectivity index (χ3n) is 4.03. The molecule has 1 saturated heterocycles. The molecule has 1 aromatic carbocycles. The molecule has 1 N–H and O–H groups in total. The predicted octanol–water partition coefficient (Wildman–Crippen LogP) is 0.734. The third kappa shape index (κ3) is 2.99. The first-order valence-corrected chi connectivity index (χ1v) is 7.56. The largest absolute Gasteiger partial charge is 0.338 e. The Labute approximate surface area is 129 Å². The third-order valence-corrected chi connectivity index (χ3v) is 4.03. The van der Waals surface area contributed by atoms with Crippen LogP contribution >= 0.6 is 0 Å². The van der Waals surface area contributed by atoms with E-state index in [0.717, 1.165) is 26.1 Å². The number of hydrogen-bond acceptors (Lipinski definition) is 5. The number of nitrogens with zero attached hydrogens (tertiary/aromatic N) is 5. The van der Waals surface area contributed by atoms with E-state index in [9.17, 15) is 4.79 Å². The molecule has 0 unspecified atom stereocenters. The number of benzene rings is 1. The fourth-order valence-corrected chi connectivity index (χ4v) is 3.00. The lowest BCUT2D eigenvalue weighted by Gasteiger charge is -2.33. The van der Waals surface area contributed by atoms with Gasteiger partial charge in [-0.05, 0) is 54.9 Å². The number of tetrazole rings is 1. The van der Waals surface area contributed by atoms with E-state index in [-0.39, 0.29) is 5.91 Å². The van der Waals surface area contributed by atoms with Crippen molar-refractivity contribution in [1.82, 2.24) is 30.4 Å². The van der Waals surface area contributed by atoms with Gasteiger partial charge in [0.05, 0.1) is 11.3 Å². The topological polar surface area (TPSA) is 75.9 Å². The summed E-state index contributed by atoms with van der Waals surface area (Å²) in [7, 11) is 1.95. The standard InChI is InChI=1S/C15H20N6O/c1-16-9-12-5-4-8-20(10-12)15(22)13-6-2-3-7-14(13)21-11-17-18-19-21/h2-3,6-7,11-12,16H,4-5,8-10H2,1H3/t12-/m0/s1. The van der Waals surface area contributed by atoms with Gasteiger partial charge in [-0.25, -0.2) is 0 Å². The second-order valence-corrected chi connectivity index (χ2v) is 5.59. The van der Waals surface area contributed by atoms with Crippen molar-refractivity contribution in [3.8, 4) is 5.69 Å². The van der Waals surface area contributed by atoms with E-state index < -0.39 is 0 Å². The van der Waals surface area contributed by atoms with Crippen LogP contribution in [0.2, 0.25) is 0 Å². The first-order chi connectivity index (χ1) is 10.8. The molecular weight excluding hydrogens is 280 g/mol. The molecule has 3 rings (SSSR count). The highest BCUT2D eigenvalue weighted by Crippen LogP contribution is 2.21. The maximum Gasteiger partial charge on any atom is 0.256 e. The van der Waals surface area contributed by atoms with Crippen LogP contribution in [0.4, 0.5) is 0 Å². The Bertz CT molecular complexity index is 625. The van der Waals surface area contributed by atoms with Crippen molar-refractivity contribution in [3.05, 3.63) is 36.2 Å². The van der Waals surface area contributed by atoms with Crippen molar-refractivity contribution >= 4 is 5.91 Å². The van der Waals surface area contributed by atoms with Gasteiger partial charge in [0.15, 0.2) is 0 Å². The van der Waals surface area contributed by atoms with Crippen molar-refractivity contribution in [2.24, 2.45) is 5.92 Å². The molecule has 116 valence electrons. The summed E-state index contributed by atoms with van der Waals surface area (Å²) in [6, 6.07) is 7.45. The van der Waals surface area contributed by atoms with Gasteiger partial charge >= 0.3 is 0 Å². The molecule has 1 atom stereocenters. The summed E-state index contributed by atoms with van der Waals surface area (Å²) in [5.41, 5.74) is 1.35. The summed E-state index contributed by atoms with van der Waals surface area (Å²) in [4.78, 5) is 14.8. The smallest absolute Gasteiger partial charge is 0.256 e. The van der Waals surface area contributed by atoms with Crippen LogP contribution < -0.4 is 5.32 Å². The lowest BCUT2D eigenvalue weighted by atomic mass is 9.97. The minimum absolute atomic E-state index is 0.0481. The van der Waals surface area contributed by atoms with E-state index in [1.54, 1.807) is 0 Å². The Hall–Kier alpha value is -2.28. The number of nitrogens with one attached hydrogen (secondary N) is 1. The van der Waals surface area contributed by atoms with Crippen LogP contribution in [0.15, 0.2) is 30.6 Å². The summed E-state index contributed by atoms with van der Waals surface area (Å²) >= 11 is 0. The Kier molecular flexibility index (Phi) is 4.43. The van der Waals surface area contributed by atoms with Crippen LogP contribution in [-0.4, -0.2) is 57.7 Å². The Balaban J connectivity index is 1.83. The van der Waals surface area contributed by atoms with Crippen LogP contribution in [0.3, 0.4) is 0 Å². The van der Waals surface area contributed by atoms with Crippen LogP contribution in [0.1, 0.15) is 23.2 Å². The molecular formula is C15H20N6O. The average Bonchev–Trinajstić information content (AvgIpc) is 3.09. The highest BCUT2D eigenvalue weighted by molar-refractivity contribution is 5.97. The number of hydrogen-bond donors (Lipinski definition) is 1. The van der Waals surface area contributed by atoms with Gasteiger partial charge in [-0.3, -0.25) is 4.79 Å². The van der Waals surface area contributed by atoms with Crippen LogP contribution in [-0.2, 0) is 0 Å². The minimum atomic E-state index is 0.0481. The van der Waals surface area contributed by atoms with E-state index >= 15 is 0 Å². The quantitative estimate of drug-likeness (QED) is 0.901. The number of rotatable bonds is 4. The molecule has 0 spiro atoms. The zero-order valence-corrected chi connectivity index (χ0v) is 12.6. The summed E-state index contributed by atoms with van der Waals surface area (Å²) < 4.78 is 1.53. The average molecular weight is 300 g/mol. The van der Waals surface area contributed by atoms with Crippen LogP contribution in [0, 0.1) is 5.92 Å². The summed E-state index contributed by atoms with van der Waals surface area (Å²) in [5, 5.41) is 14.4. The molecule has 0 aliphatic carbocycles. The second-order valence-electron chi connectivity index (χ2n) is 5.59. The van der Waals surface area contributed by atoms with Gasteiger partial charge in [0.1, 0.15) is 6.33 Å². The molecule has 1 amide bonds. The number of para-hydroxylation sites is 1. The fourth-order valence-electron chi connectivity index (χ4n) is 3.00. The fraction of sp³-hybridized carbons (Fsp3) is 0.467. The normalized spacial score (nSPS) is 18.4. The predicted molar refractivity (Wildman–Crippen MR) is 81.7 cm³/mol. The van der Waals surface area contributed by atoms with Crippen molar-refractivity contribution in [1.29, 1.82) is 0 Å². The van der Waals surface area contributed by atoms with Gasteiger partial charge in [-0.15, -0.1) is 5.10 Å². The van der Waals surface area contributed by atoms with Gasteiger partial charge in [-0.1, -0.05) is 12.1 Å². The van der Waals surface area contributed by atoms with Gasteiger partial charge in [0.2, 0.25) is 0 Å². The molecule has 0 radical (unpaired) electrons. The lowest BCUT2D eigenvalue weighted by molar-refractivity contribution is 0.0674. The van der Waals surface area contributed by atoms with Gasteiger partial charge in [0, 0.05) is 13.1 Å². The molecule has 1 aromatic heterocycles. The van der Waals surface area contributed by atoms with E-state index in [2.05, 4.69) is 20.8 Å². The molecule has 2 aromatic rings.